The van der Waals surface area contributed by atoms with Crippen molar-refractivity contribution < 1.29 is 5.11 Å². The predicted molar refractivity (Wildman–Crippen MR) is 60.3 cm³/mol. The Hall–Kier alpha value is -0.0800. The molecule has 1 aliphatic rings. The molecule has 2 atom stereocenters. The lowest BCUT2D eigenvalue weighted by Gasteiger charge is -2.31. The number of rotatable bonds is 4. The van der Waals surface area contributed by atoms with Crippen LogP contribution in [0.1, 0.15) is 47.0 Å². The minimum Gasteiger partial charge on any atom is -0.392 e. The average Bonchev–Trinajstić information content (AvgIpc) is 2.47. The zero-order valence-electron chi connectivity index (χ0n) is 10.0. The Kier molecular flexibility index (Phi) is 3.96. The number of hydrogen-bond donors (Lipinski definition) is 2. The maximum Gasteiger partial charge on any atom is 0.0693 e. The van der Waals surface area contributed by atoms with Crippen molar-refractivity contribution in [3.05, 3.63) is 0 Å². The zero-order chi connectivity index (χ0) is 10.8. The first kappa shape index (κ1) is 12.0. The second-order valence-electron chi connectivity index (χ2n) is 5.63. The molecule has 0 aromatic heterocycles. The molecule has 0 heterocycles. The summed E-state index contributed by atoms with van der Waals surface area (Å²) in [4.78, 5) is 0. The van der Waals surface area contributed by atoms with Crippen LogP contribution in [-0.2, 0) is 0 Å². The van der Waals surface area contributed by atoms with Gasteiger partial charge in [0.05, 0.1) is 6.10 Å². The molecule has 14 heavy (non-hydrogen) atoms. The highest BCUT2D eigenvalue weighted by atomic mass is 16.3. The van der Waals surface area contributed by atoms with E-state index in [9.17, 15) is 5.11 Å². The Bertz CT molecular complexity index is 177. The molecule has 1 saturated carbocycles. The Morgan fingerprint density at radius 2 is 2.00 bits per heavy atom. The van der Waals surface area contributed by atoms with Crippen LogP contribution >= 0.6 is 0 Å². The van der Waals surface area contributed by atoms with Crippen molar-refractivity contribution in [1.82, 2.24) is 5.32 Å². The Morgan fingerprint density at radius 3 is 2.43 bits per heavy atom. The van der Waals surface area contributed by atoms with Crippen molar-refractivity contribution in [3.8, 4) is 0 Å². The van der Waals surface area contributed by atoms with Crippen molar-refractivity contribution in [3.63, 3.8) is 0 Å². The summed E-state index contributed by atoms with van der Waals surface area (Å²) in [7, 11) is 0. The van der Waals surface area contributed by atoms with Crippen LogP contribution in [-0.4, -0.2) is 23.8 Å². The zero-order valence-corrected chi connectivity index (χ0v) is 10.0. The molecule has 0 saturated heterocycles. The maximum atomic E-state index is 9.66. The highest BCUT2D eigenvalue weighted by Crippen LogP contribution is 2.26. The lowest BCUT2D eigenvalue weighted by atomic mass is 9.81. The standard InChI is InChI=1S/C12H25NO/c1-9(2)12(3,4)8-13-10-6-5-7-11(10)14/h9-11,13-14H,5-8H2,1-4H3/t10-,11-/m1/s1. The van der Waals surface area contributed by atoms with Gasteiger partial charge < -0.3 is 10.4 Å². The number of aliphatic hydroxyl groups excluding tert-OH is 1. The molecular weight excluding hydrogens is 174 g/mol. The van der Waals surface area contributed by atoms with E-state index in [1.165, 1.54) is 6.42 Å². The van der Waals surface area contributed by atoms with Crippen LogP contribution in [0.25, 0.3) is 0 Å². The molecule has 0 unspecified atom stereocenters. The third-order valence-corrected chi connectivity index (χ3v) is 3.86. The molecular formula is C12H25NO. The van der Waals surface area contributed by atoms with E-state index in [0.29, 0.717) is 17.4 Å². The second-order valence-corrected chi connectivity index (χ2v) is 5.63. The largest absolute Gasteiger partial charge is 0.392 e. The van der Waals surface area contributed by atoms with E-state index in [1.807, 2.05) is 0 Å². The van der Waals surface area contributed by atoms with Crippen LogP contribution in [0.3, 0.4) is 0 Å². The highest BCUT2D eigenvalue weighted by molar-refractivity contribution is 4.85. The summed E-state index contributed by atoms with van der Waals surface area (Å²) >= 11 is 0. The fourth-order valence-corrected chi connectivity index (χ4v) is 1.78. The quantitative estimate of drug-likeness (QED) is 0.727. The van der Waals surface area contributed by atoms with Gasteiger partial charge in [0.1, 0.15) is 0 Å². The molecule has 0 radical (unpaired) electrons. The van der Waals surface area contributed by atoms with Gasteiger partial charge in [0.25, 0.3) is 0 Å². The van der Waals surface area contributed by atoms with Crippen molar-refractivity contribution in [2.75, 3.05) is 6.54 Å². The smallest absolute Gasteiger partial charge is 0.0693 e. The van der Waals surface area contributed by atoms with E-state index >= 15 is 0 Å². The molecule has 0 aromatic rings. The second kappa shape index (κ2) is 4.63. The van der Waals surface area contributed by atoms with Gasteiger partial charge in [-0.25, -0.2) is 0 Å². The van der Waals surface area contributed by atoms with Crippen molar-refractivity contribution in [1.29, 1.82) is 0 Å². The molecule has 2 nitrogen and oxygen atoms in total. The predicted octanol–water partition coefficient (Wildman–Crippen LogP) is 2.17. The molecule has 0 amide bonds. The van der Waals surface area contributed by atoms with Gasteiger partial charge in [-0.05, 0) is 30.6 Å². The Balaban J connectivity index is 2.32. The van der Waals surface area contributed by atoms with E-state index in [2.05, 4.69) is 33.0 Å². The van der Waals surface area contributed by atoms with Crippen molar-refractivity contribution in [2.45, 2.75) is 59.1 Å². The number of aliphatic hydroxyl groups is 1. The molecule has 1 aliphatic carbocycles. The molecule has 1 fully saturated rings. The molecule has 0 aliphatic heterocycles. The highest BCUT2D eigenvalue weighted by Gasteiger charge is 2.28. The molecule has 0 bridgehead atoms. The van der Waals surface area contributed by atoms with Crippen LogP contribution in [0.15, 0.2) is 0 Å². The summed E-state index contributed by atoms with van der Waals surface area (Å²) in [5.74, 6) is 0.675. The van der Waals surface area contributed by atoms with E-state index in [1.54, 1.807) is 0 Å². The van der Waals surface area contributed by atoms with Gasteiger partial charge in [0.15, 0.2) is 0 Å². The first-order valence-corrected chi connectivity index (χ1v) is 5.85. The monoisotopic (exact) mass is 199 g/mol. The van der Waals surface area contributed by atoms with Gasteiger partial charge in [0.2, 0.25) is 0 Å². The van der Waals surface area contributed by atoms with Gasteiger partial charge in [0, 0.05) is 12.6 Å². The first-order valence-electron chi connectivity index (χ1n) is 5.85. The lowest BCUT2D eigenvalue weighted by molar-refractivity contribution is 0.134. The van der Waals surface area contributed by atoms with E-state index in [-0.39, 0.29) is 6.10 Å². The number of hydrogen-bond acceptors (Lipinski definition) is 2. The number of nitrogens with one attached hydrogen (secondary N) is 1. The summed E-state index contributed by atoms with van der Waals surface area (Å²) in [5.41, 5.74) is 0.322. The third-order valence-electron chi connectivity index (χ3n) is 3.86. The van der Waals surface area contributed by atoms with Crippen LogP contribution in [0.2, 0.25) is 0 Å². The molecule has 2 N–H and O–H groups in total. The molecule has 84 valence electrons. The van der Waals surface area contributed by atoms with E-state index in [4.69, 9.17) is 0 Å². The maximum absolute atomic E-state index is 9.66. The van der Waals surface area contributed by atoms with E-state index < -0.39 is 0 Å². The SMILES string of the molecule is CC(C)C(C)(C)CN[C@@H]1CCC[C@H]1O. The topological polar surface area (TPSA) is 32.3 Å². The van der Waals surface area contributed by atoms with Crippen molar-refractivity contribution in [2.24, 2.45) is 11.3 Å². The minimum atomic E-state index is -0.113. The molecule has 0 aromatic carbocycles. The van der Waals surface area contributed by atoms with Gasteiger partial charge >= 0.3 is 0 Å². The van der Waals surface area contributed by atoms with Gasteiger partial charge in [-0.1, -0.05) is 27.7 Å². The third kappa shape index (κ3) is 2.96. The summed E-state index contributed by atoms with van der Waals surface area (Å²) in [6.07, 6.45) is 3.16. The van der Waals surface area contributed by atoms with Gasteiger partial charge in [-0.15, -0.1) is 0 Å². The van der Waals surface area contributed by atoms with Crippen LogP contribution in [0.4, 0.5) is 0 Å². The normalized spacial score (nSPS) is 28.7. The Labute approximate surface area is 88.1 Å². The molecule has 0 spiro atoms. The Morgan fingerprint density at radius 1 is 1.36 bits per heavy atom. The molecule has 1 rings (SSSR count). The fourth-order valence-electron chi connectivity index (χ4n) is 1.78. The lowest BCUT2D eigenvalue weighted by Crippen LogP contribution is -2.42. The van der Waals surface area contributed by atoms with E-state index in [0.717, 1.165) is 19.4 Å². The van der Waals surface area contributed by atoms with Gasteiger partial charge in [-0.3, -0.25) is 0 Å². The first-order chi connectivity index (χ1) is 6.43. The van der Waals surface area contributed by atoms with Crippen LogP contribution < -0.4 is 5.32 Å². The van der Waals surface area contributed by atoms with Crippen LogP contribution in [0, 0.1) is 11.3 Å². The van der Waals surface area contributed by atoms with Gasteiger partial charge in [-0.2, -0.15) is 0 Å². The molecule has 2 heteroatoms. The summed E-state index contributed by atoms with van der Waals surface area (Å²) in [5, 5.41) is 13.2. The summed E-state index contributed by atoms with van der Waals surface area (Å²) < 4.78 is 0. The fraction of sp³-hybridized carbons (Fsp3) is 1.00. The summed E-state index contributed by atoms with van der Waals surface area (Å²) in [6, 6.07) is 0.341. The van der Waals surface area contributed by atoms with Crippen molar-refractivity contribution >= 4 is 0 Å². The average molecular weight is 199 g/mol. The van der Waals surface area contributed by atoms with Crippen LogP contribution in [0.5, 0.6) is 0 Å². The minimum absolute atomic E-state index is 0.113. The summed E-state index contributed by atoms with van der Waals surface area (Å²) in [6.45, 7) is 10.1.